The molecule has 168 valence electrons. The van der Waals surface area contributed by atoms with Crippen molar-refractivity contribution in [3.8, 4) is 17.1 Å². The molecule has 0 aliphatic rings. The summed E-state index contributed by atoms with van der Waals surface area (Å²) in [6.45, 7) is 1.89. The molecule has 0 N–H and O–H groups in total. The fourth-order valence-electron chi connectivity index (χ4n) is 2.88. The summed E-state index contributed by atoms with van der Waals surface area (Å²) < 4.78 is 43.6. The maximum atomic E-state index is 13.9. The number of thioether (sulfide) groups is 1. The number of aromatic nitrogens is 6. The van der Waals surface area contributed by atoms with Gasteiger partial charge in [0, 0.05) is 16.2 Å². The van der Waals surface area contributed by atoms with Crippen molar-refractivity contribution in [2.75, 3.05) is 5.75 Å². The number of ketones is 1. The molecule has 0 atom stereocenters. The summed E-state index contributed by atoms with van der Waals surface area (Å²) in [6, 6.07) is 13.7. The summed E-state index contributed by atoms with van der Waals surface area (Å²) in [5.74, 6) is -0.509. The zero-order valence-corrected chi connectivity index (χ0v) is 19.3. The van der Waals surface area contributed by atoms with Crippen LogP contribution >= 0.6 is 27.7 Å². The molecule has 0 amide bonds. The van der Waals surface area contributed by atoms with E-state index in [9.17, 15) is 18.0 Å². The second-order valence-corrected chi connectivity index (χ2v) is 8.74. The molecule has 0 saturated carbocycles. The molecule has 4 aromatic rings. The Balaban J connectivity index is 1.64. The monoisotopic (exact) mass is 534 g/mol. The first-order valence-electron chi connectivity index (χ1n) is 9.44. The Morgan fingerprint density at radius 3 is 2.45 bits per heavy atom. The van der Waals surface area contributed by atoms with Gasteiger partial charge in [0.1, 0.15) is 0 Å². The molecule has 2 heterocycles. The van der Waals surface area contributed by atoms with Gasteiger partial charge in [0.15, 0.2) is 22.5 Å². The van der Waals surface area contributed by atoms with Crippen molar-refractivity contribution in [1.82, 2.24) is 30.2 Å². The maximum Gasteiger partial charge on any atom is 0.434 e. The van der Waals surface area contributed by atoms with E-state index < -0.39 is 11.9 Å². The Bertz CT molecular complexity index is 1290. The van der Waals surface area contributed by atoms with E-state index in [0.29, 0.717) is 11.3 Å². The Morgan fingerprint density at radius 2 is 1.79 bits per heavy atom. The molecule has 0 saturated heterocycles. The van der Waals surface area contributed by atoms with Gasteiger partial charge < -0.3 is 0 Å². The van der Waals surface area contributed by atoms with Gasteiger partial charge in [-0.25, -0.2) is 9.97 Å². The van der Waals surface area contributed by atoms with Gasteiger partial charge in [-0.15, -0.1) is 5.10 Å². The molecule has 0 fully saturated rings. The highest BCUT2D eigenvalue weighted by molar-refractivity contribution is 9.10. The number of carbonyl (C=O) groups is 1. The summed E-state index contributed by atoms with van der Waals surface area (Å²) in [7, 11) is 0. The maximum absolute atomic E-state index is 13.9. The highest BCUT2D eigenvalue weighted by atomic mass is 79.9. The number of aryl methyl sites for hydroxylation is 1. The first-order chi connectivity index (χ1) is 15.7. The first-order valence-corrected chi connectivity index (χ1v) is 11.2. The predicted octanol–water partition coefficient (Wildman–Crippen LogP) is 5.18. The number of hydrogen-bond donors (Lipinski definition) is 0. The van der Waals surface area contributed by atoms with Crippen molar-refractivity contribution >= 4 is 33.5 Å². The van der Waals surface area contributed by atoms with Crippen LogP contribution in [0.5, 0.6) is 0 Å². The minimum atomic E-state index is -4.78. The number of hydrogen-bond acceptors (Lipinski definition) is 7. The standard InChI is InChI=1S/C21H14BrF3N6OS/c1-12-2-8-15(9-3-12)31-19(28-29-30-31)16-10-26-20(27-18(16)21(23,24)25)33-11-17(32)13-4-6-14(22)7-5-13/h2-10H,11H2,1H3. The molecular formula is C21H14BrF3N6OS. The average Bonchev–Trinajstić information content (AvgIpc) is 3.27. The summed E-state index contributed by atoms with van der Waals surface area (Å²) in [6.07, 6.45) is -3.76. The molecule has 0 unspecified atom stereocenters. The van der Waals surface area contributed by atoms with Crippen molar-refractivity contribution in [2.24, 2.45) is 0 Å². The van der Waals surface area contributed by atoms with Crippen molar-refractivity contribution in [3.63, 3.8) is 0 Å². The van der Waals surface area contributed by atoms with Gasteiger partial charge in [-0.05, 0) is 41.6 Å². The number of rotatable bonds is 6. The number of benzene rings is 2. The van der Waals surface area contributed by atoms with Crippen LogP contribution in [-0.2, 0) is 6.18 Å². The smallest absolute Gasteiger partial charge is 0.293 e. The minimum absolute atomic E-state index is 0.112. The topological polar surface area (TPSA) is 86.5 Å². The molecule has 7 nitrogen and oxygen atoms in total. The lowest BCUT2D eigenvalue weighted by atomic mass is 10.2. The summed E-state index contributed by atoms with van der Waals surface area (Å²) in [5, 5.41) is 10.9. The molecule has 0 spiro atoms. The third kappa shape index (κ3) is 5.28. The summed E-state index contributed by atoms with van der Waals surface area (Å²) in [5.41, 5.74) is 0.366. The van der Waals surface area contributed by atoms with Crippen LogP contribution < -0.4 is 0 Å². The Hall–Kier alpha value is -3.12. The number of carbonyl (C=O) groups excluding carboxylic acids is 1. The zero-order valence-electron chi connectivity index (χ0n) is 16.9. The highest BCUT2D eigenvalue weighted by Gasteiger charge is 2.38. The number of tetrazole rings is 1. The van der Waals surface area contributed by atoms with Crippen LogP contribution in [0.25, 0.3) is 17.1 Å². The van der Waals surface area contributed by atoms with E-state index >= 15 is 0 Å². The number of alkyl halides is 3. The van der Waals surface area contributed by atoms with Crippen LogP contribution in [0.3, 0.4) is 0 Å². The summed E-state index contributed by atoms with van der Waals surface area (Å²) >= 11 is 4.11. The van der Waals surface area contributed by atoms with Crippen LogP contribution in [0.1, 0.15) is 21.6 Å². The molecule has 33 heavy (non-hydrogen) atoms. The average molecular weight is 535 g/mol. The van der Waals surface area contributed by atoms with E-state index in [1.807, 2.05) is 6.92 Å². The third-order valence-corrected chi connectivity index (χ3v) is 5.91. The molecule has 12 heteroatoms. The van der Waals surface area contributed by atoms with E-state index in [2.05, 4.69) is 41.4 Å². The van der Waals surface area contributed by atoms with Crippen molar-refractivity contribution < 1.29 is 18.0 Å². The molecular weight excluding hydrogens is 521 g/mol. The van der Waals surface area contributed by atoms with E-state index in [-0.39, 0.29) is 28.1 Å². The lowest BCUT2D eigenvalue weighted by Gasteiger charge is -2.12. The summed E-state index contributed by atoms with van der Waals surface area (Å²) in [4.78, 5) is 20.1. The Labute approximate surface area is 198 Å². The quantitative estimate of drug-likeness (QED) is 0.191. The molecule has 2 aromatic heterocycles. The molecule has 2 aromatic carbocycles. The molecule has 0 bridgehead atoms. The van der Waals surface area contributed by atoms with Crippen molar-refractivity contribution in [1.29, 1.82) is 0 Å². The van der Waals surface area contributed by atoms with Crippen molar-refractivity contribution in [3.05, 3.63) is 76.0 Å². The Kier molecular flexibility index (Phi) is 6.56. The van der Waals surface area contributed by atoms with Crippen LogP contribution in [0.2, 0.25) is 0 Å². The highest BCUT2D eigenvalue weighted by Crippen LogP contribution is 2.36. The third-order valence-electron chi connectivity index (χ3n) is 4.52. The lowest BCUT2D eigenvalue weighted by molar-refractivity contribution is -0.141. The van der Waals surface area contributed by atoms with E-state index in [0.717, 1.165) is 28.0 Å². The SMILES string of the molecule is Cc1ccc(-n2nnnc2-c2cnc(SCC(=O)c3ccc(Br)cc3)nc2C(F)(F)F)cc1. The van der Waals surface area contributed by atoms with Gasteiger partial charge in [0.2, 0.25) is 0 Å². The van der Waals surface area contributed by atoms with E-state index in [1.165, 1.54) is 4.68 Å². The number of Topliss-reactive ketones (excluding diaryl/α,β-unsaturated/α-hetero) is 1. The fourth-order valence-corrected chi connectivity index (χ4v) is 3.85. The van der Waals surface area contributed by atoms with Crippen LogP contribution in [-0.4, -0.2) is 41.7 Å². The second-order valence-electron chi connectivity index (χ2n) is 6.88. The number of nitrogens with zero attached hydrogens (tertiary/aromatic N) is 6. The molecule has 0 aliphatic heterocycles. The van der Waals surface area contributed by atoms with Crippen LogP contribution in [0.4, 0.5) is 13.2 Å². The van der Waals surface area contributed by atoms with Gasteiger partial charge in [0.05, 0.1) is 17.0 Å². The van der Waals surface area contributed by atoms with Crippen LogP contribution in [0.15, 0.2) is 64.4 Å². The first kappa shape index (κ1) is 23.1. The predicted molar refractivity (Wildman–Crippen MR) is 119 cm³/mol. The van der Waals surface area contributed by atoms with E-state index in [1.54, 1.807) is 48.5 Å². The van der Waals surface area contributed by atoms with Gasteiger partial charge in [-0.1, -0.05) is 57.5 Å². The fraction of sp³-hybridized carbons (Fsp3) is 0.143. The number of halogens is 4. The normalized spacial score (nSPS) is 11.5. The van der Waals surface area contributed by atoms with Gasteiger partial charge in [-0.2, -0.15) is 17.9 Å². The zero-order chi connectivity index (χ0) is 23.6. The van der Waals surface area contributed by atoms with Gasteiger partial charge in [-0.3, -0.25) is 4.79 Å². The van der Waals surface area contributed by atoms with E-state index in [4.69, 9.17) is 0 Å². The largest absolute Gasteiger partial charge is 0.434 e. The van der Waals surface area contributed by atoms with Gasteiger partial charge >= 0.3 is 6.18 Å². The lowest BCUT2D eigenvalue weighted by Crippen LogP contribution is -2.14. The Morgan fingerprint density at radius 1 is 1.09 bits per heavy atom. The van der Waals surface area contributed by atoms with Crippen molar-refractivity contribution in [2.45, 2.75) is 18.3 Å². The molecule has 0 aliphatic carbocycles. The van der Waals surface area contributed by atoms with Crippen LogP contribution in [0, 0.1) is 6.92 Å². The van der Waals surface area contributed by atoms with Gasteiger partial charge in [0.25, 0.3) is 0 Å². The minimum Gasteiger partial charge on any atom is -0.293 e. The molecule has 4 rings (SSSR count). The second kappa shape index (κ2) is 9.40. The molecule has 0 radical (unpaired) electrons.